The molecule has 118 valence electrons. The van der Waals surface area contributed by atoms with Gasteiger partial charge in [-0.3, -0.25) is 0 Å². The average Bonchev–Trinajstić information content (AvgIpc) is 2.39. The highest BCUT2D eigenvalue weighted by atomic mass is 16.6. The summed E-state index contributed by atoms with van der Waals surface area (Å²) in [5, 5.41) is 12.3. The van der Waals surface area contributed by atoms with Gasteiger partial charge in [0.1, 0.15) is 5.60 Å². The van der Waals surface area contributed by atoms with Crippen LogP contribution in [-0.4, -0.2) is 37.0 Å². The summed E-state index contributed by atoms with van der Waals surface area (Å²) in [5.74, 6) is 0.354. The van der Waals surface area contributed by atoms with Gasteiger partial charge in [-0.2, -0.15) is 0 Å². The first-order valence-electron chi connectivity index (χ1n) is 6.80. The molecule has 1 atom stereocenters. The third kappa shape index (κ3) is 5.51. The molecule has 0 saturated carbocycles. The number of methoxy groups -OCH3 is 1. The first-order chi connectivity index (χ1) is 9.76. The lowest BCUT2D eigenvalue weighted by Crippen LogP contribution is -2.36. The number of benzene rings is 1. The van der Waals surface area contributed by atoms with Crippen molar-refractivity contribution in [1.29, 1.82) is 0 Å². The number of phenols is 1. The molecule has 1 aromatic rings. The number of amides is 1. The molecule has 0 spiro atoms. The zero-order chi connectivity index (χ0) is 16.0. The molecule has 1 aromatic carbocycles. The average molecular weight is 296 g/mol. The second-order valence-corrected chi connectivity index (χ2v) is 5.75. The molecule has 1 unspecified atom stereocenters. The van der Waals surface area contributed by atoms with Gasteiger partial charge in [-0.05, 0) is 38.5 Å². The van der Waals surface area contributed by atoms with Crippen molar-refractivity contribution >= 4 is 6.09 Å². The fraction of sp³-hybridized carbons (Fsp3) is 0.533. The first kappa shape index (κ1) is 17.1. The Morgan fingerprint density at radius 3 is 2.62 bits per heavy atom. The van der Waals surface area contributed by atoms with Crippen LogP contribution in [-0.2, 0) is 4.74 Å². The molecule has 6 heteroatoms. The van der Waals surface area contributed by atoms with Gasteiger partial charge in [0.2, 0.25) is 0 Å². The van der Waals surface area contributed by atoms with Crippen molar-refractivity contribution in [2.45, 2.75) is 32.3 Å². The van der Waals surface area contributed by atoms with Crippen molar-refractivity contribution < 1.29 is 19.4 Å². The van der Waals surface area contributed by atoms with E-state index in [9.17, 15) is 9.90 Å². The molecule has 4 N–H and O–H groups in total. The predicted octanol–water partition coefficient (Wildman–Crippen LogP) is 1.97. The van der Waals surface area contributed by atoms with Crippen molar-refractivity contribution in [2.75, 3.05) is 20.2 Å². The molecule has 1 amide bonds. The number of nitrogens with two attached hydrogens (primary N) is 1. The van der Waals surface area contributed by atoms with Gasteiger partial charge < -0.3 is 25.6 Å². The van der Waals surface area contributed by atoms with Crippen molar-refractivity contribution in [3.63, 3.8) is 0 Å². The minimum Gasteiger partial charge on any atom is -0.504 e. The minimum absolute atomic E-state index is 0.0668. The molecule has 0 heterocycles. The van der Waals surface area contributed by atoms with Gasteiger partial charge in [0, 0.05) is 19.0 Å². The number of rotatable bonds is 5. The molecule has 0 aromatic heterocycles. The van der Waals surface area contributed by atoms with E-state index in [1.54, 1.807) is 39.0 Å². The molecule has 6 nitrogen and oxygen atoms in total. The Kier molecular flexibility index (Phi) is 5.84. The summed E-state index contributed by atoms with van der Waals surface area (Å²) < 4.78 is 10.2. The number of aromatic hydroxyl groups is 1. The fourth-order valence-electron chi connectivity index (χ4n) is 1.81. The zero-order valence-corrected chi connectivity index (χ0v) is 13.0. The Morgan fingerprint density at radius 2 is 2.10 bits per heavy atom. The summed E-state index contributed by atoms with van der Waals surface area (Å²) in [6.07, 6.45) is -0.480. The molecular weight excluding hydrogens is 272 g/mol. The molecular formula is C15H24N2O4. The second kappa shape index (κ2) is 7.17. The van der Waals surface area contributed by atoms with E-state index in [4.69, 9.17) is 15.2 Å². The molecule has 1 rings (SSSR count). The number of carbonyl (C=O) groups is 1. The minimum atomic E-state index is -0.538. The van der Waals surface area contributed by atoms with Crippen LogP contribution >= 0.6 is 0 Å². The van der Waals surface area contributed by atoms with Crippen LogP contribution in [0.3, 0.4) is 0 Å². The smallest absolute Gasteiger partial charge is 0.407 e. The van der Waals surface area contributed by atoms with Crippen LogP contribution in [0.5, 0.6) is 11.5 Å². The number of hydrogen-bond acceptors (Lipinski definition) is 5. The normalized spacial score (nSPS) is 12.6. The van der Waals surface area contributed by atoms with E-state index in [0.717, 1.165) is 5.56 Å². The van der Waals surface area contributed by atoms with Crippen LogP contribution in [0.15, 0.2) is 18.2 Å². The lowest BCUT2D eigenvalue weighted by molar-refractivity contribution is 0.0525. The second-order valence-electron chi connectivity index (χ2n) is 5.75. The van der Waals surface area contributed by atoms with E-state index in [0.29, 0.717) is 18.8 Å². The Labute approximate surface area is 125 Å². The van der Waals surface area contributed by atoms with Crippen molar-refractivity contribution in [2.24, 2.45) is 5.73 Å². The third-order valence-corrected chi connectivity index (χ3v) is 2.85. The molecule has 0 aliphatic rings. The Morgan fingerprint density at radius 1 is 1.43 bits per heavy atom. The predicted molar refractivity (Wildman–Crippen MR) is 80.7 cm³/mol. The summed E-state index contributed by atoms with van der Waals surface area (Å²) in [6, 6.07) is 5.01. The Balaban J connectivity index is 2.69. The van der Waals surface area contributed by atoms with Crippen molar-refractivity contribution in [3.05, 3.63) is 23.8 Å². The van der Waals surface area contributed by atoms with Crippen LogP contribution in [0.25, 0.3) is 0 Å². The molecule has 0 fully saturated rings. The van der Waals surface area contributed by atoms with E-state index in [1.807, 2.05) is 0 Å². The van der Waals surface area contributed by atoms with Gasteiger partial charge in [-0.15, -0.1) is 0 Å². The summed E-state index contributed by atoms with van der Waals surface area (Å²) in [5.41, 5.74) is 6.09. The van der Waals surface area contributed by atoms with Crippen LogP contribution in [0.1, 0.15) is 32.3 Å². The van der Waals surface area contributed by atoms with Crippen LogP contribution in [0.4, 0.5) is 4.79 Å². The van der Waals surface area contributed by atoms with E-state index >= 15 is 0 Å². The highest BCUT2D eigenvalue weighted by Gasteiger charge is 2.18. The molecule has 0 aliphatic carbocycles. The maximum atomic E-state index is 11.6. The molecule has 0 aliphatic heterocycles. The third-order valence-electron chi connectivity index (χ3n) is 2.85. The Bertz CT molecular complexity index is 483. The summed E-state index contributed by atoms with van der Waals surface area (Å²) in [4.78, 5) is 11.6. The number of carbonyl (C=O) groups excluding carboxylic acids is 1. The monoisotopic (exact) mass is 296 g/mol. The number of phenolic OH excluding ortho intramolecular Hbond substituents is 1. The SMILES string of the molecule is COc1cc(C(CN)CNC(=O)OC(C)(C)C)ccc1O. The van der Waals surface area contributed by atoms with Crippen LogP contribution < -0.4 is 15.8 Å². The van der Waals surface area contributed by atoms with Crippen LogP contribution in [0, 0.1) is 0 Å². The standard InChI is InChI=1S/C15H24N2O4/c1-15(2,3)21-14(19)17-9-11(8-16)10-5-6-12(18)13(7-10)20-4/h5-7,11,18H,8-9,16H2,1-4H3,(H,17,19). The number of ether oxygens (including phenoxy) is 2. The van der Waals surface area contributed by atoms with Gasteiger partial charge in [-0.25, -0.2) is 4.79 Å². The van der Waals surface area contributed by atoms with E-state index in [2.05, 4.69) is 5.32 Å². The summed E-state index contributed by atoms with van der Waals surface area (Å²) in [7, 11) is 1.48. The molecule has 0 bridgehead atoms. The van der Waals surface area contributed by atoms with Gasteiger partial charge in [0.15, 0.2) is 11.5 Å². The topological polar surface area (TPSA) is 93.8 Å². The van der Waals surface area contributed by atoms with Crippen molar-refractivity contribution in [3.8, 4) is 11.5 Å². The number of alkyl carbamates (subject to hydrolysis) is 1. The summed E-state index contributed by atoms with van der Waals surface area (Å²) >= 11 is 0. The molecule has 0 radical (unpaired) electrons. The van der Waals surface area contributed by atoms with Crippen molar-refractivity contribution in [1.82, 2.24) is 5.32 Å². The maximum absolute atomic E-state index is 11.6. The van der Waals surface area contributed by atoms with Gasteiger partial charge in [0.05, 0.1) is 7.11 Å². The van der Waals surface area contributed by atoms with Gasteiger partial charge in [0.25, 0.3) is 0 Å². The lowest BCUT2D eigenvalue weighted by atomic mass is 9.99. The number of nitrogens with one attached hydrogen (secondary N) is 1. The quantitative estimate of drug-likeness (QED) is 0.772. The van der Waals surface area contributed by atoms with E-state index < -0.39 is 11.7 Å². The fourth-order valence-corrected chi connectivity index (χ4v) is 1.81. The van der Waals surface area contributed by atoms with Gasteiger partial charge >= 0.3 is 6.09 Å². The number of hydrogen-bond donors (Lipinski definition) is 3. The molecule has 0 saturated heterocycles. The van der Waals surface area contributed by atoms with Crippen LogP contribution in [0.2, 0.25) is 0 Å². The maximum Gasteiger partial charge on any atom is 0.407 e. The lowest BCUT2D eigenvalue weighted by Gasteiger charge is -2.22. The first-order valence-corrected chi connectivity index (χ1v) is 6.80. The van der Waals surface area contributed by atoms with E-state index in [1.165, 1.54) is 7.11 Å². The van der Waals surface area contributed by atoms with E-state index in [-0.39, 0.29) is 11.7 Å². The largest absolute Gasteiger partial charge is 0.504 e. The highest BCUT2D eigenvalue weighted by Crippen LogP contribution is 2.29. The highest BCUT2D eigenvalue weighted by molar-refractivity contribution is 5.67. The molecule has 21 heavy (non-hydrogen) atoms. The summed E-state index contributed by atoms with van der Waals surface area (Å²) in [6.45, 7) is 6.11. The zero-order valence-electron chi connectivity index (χ0n) is 13.0. The van der Waals surface area contributed by atoms with Gasteiger partial charge in [-0.1, -0.05) is 6.07 Å². The Hall–Kier alpha value is -1.95.